The molecular weight excluding hydrogens is 459 g/mol. The predicted octanol–water partition coefficient (Wildman–Crippen LogP) is 5.72. The molecule has 2 aromatic heterocycles. The minimum atomic E-state index is -2.41. The summed E-state index contributed by atoms with van der Waals surface area (Å²) in [6.45, 7) is 11.6. The quantitative estimate of drug-likeness (QED) is 0.350. The highest BCUT2D eigenvalue weighted by molar-refractivity contribution is 7.70. The van der Waals surface area contributed by atoms with E-state index in [1.165, 1.54) is 0 Å². The maximum absolute atomic E-state index is 12.6. The van der Waals surface area contributed by atoms with E-state index in [4.69, 9.17) is 4.74 Å². The molecule has 1 N–H and O–H groups in total. The highest BCUT2D eigenvalue weighted by Gasteiger charge is 2.16. The number of rotatable bonds is 6. The van der Waals surface area contributed by atoms with Crippen LogP contribution in [0.4, 0.5) is 5.69 Å². The minimum absolute atomic E-state index is 0.109. The molecule has 0 atom stereocenters. The van der Waals surface area contributed by atoms with Crippen molar-refractivity contribution in [3.8, 4) is 11.5 Å². The van der Waals surface area contributed by atoms with Gasteiger partial charge in [-0.25, -0.2) is 0 Å². The van der Waals surface area contributed by atoms with Crippen LogP contribution in [0.25, 0.3) is 10.9 Å². The summed E-state index contributed by atoms with van der Waals surface area (Å²) >= 11 is 0. The largest absolute Gasteiger partial charge is 0.456 e. The highest BCUT2D eigenvalue weighted by atomic mass is 31.2. The standard InChI is InChI=1S/C27H31N4O3P/c1-18-13-19(14-26(32)30-20-16-29-31(17-20)27(2,3)4)7-10-24(18)34-25-11-12-28-23-9-8-21(15-22(23)25)35(5,6)33/h7-13,15-17H,14H2,1-6H3,(H,30,32). The topological polar surface area (TPSA) is 86.1 Å². The van der Waals surface area contributed by atoms with Gasteiger partial charge in [0.15, 0.2) is 0 Å². The first kappa shape index (κ1) is 24.7. The lowest BCUT2D eigenvalue weighted by Gasteiger charge is -2.18. The van der Waals surface area contributed by atoms with Gasteiger partial charge in [0.25, 0.3) is 0 Å². The molecule has 0 bridgehead atoms. The average molecular weight is 491 g/mol. The molecule has 35 heavy (non-hydrogen) atoms. The summed E-state index contributed by atoms with van der Waals surface area (Å²) in [5, 5.41) is 8.83. The summed E-state index contributed by atoms with van der Waals surface area (Å²) in [6.07, 6.45) is 5.43. The summed E-state index contributed by atoms with van der Waals surface area (Å²) in [5.74, 6) is 1.23. The lowest BCUT2D eigenvalue weighted by atomic mass is 10.1. The molecule has 2 heterocycles. The number of pyridine rings is 1. The Hall–Kier alpha value is -3.44. The van der Waals surface area contributed by atoms with Gasteiger partial charge in [-0.15, -0.1) is 0 Å². The van der Waals surface area contributed by atoms with Gasteiger partial charge in [-0.1, -0.05) is 12.1 Å². The fourth-order valence-corrected chi connectivity index (χ4v) is 4.61. The van der Waals surface area contributed by atoms with E-state index >= 15 is 0 Å². The Balaban J connectivity index is 1.50. The molecule has 182 valence electrons. The maximum atomic E-state index is 12.6. The van der Waals surface area contributed by atoms with Crippen molar-refractivity contribution >= 4 is 34.9 Å². The van der Waals surface area contributed by atoms with Crippen LogP contribution in [0.5, 0.6) is 11.5 Å². The number of benzene rings is 2. The summed E-state index contributed by atoms with van der Waals surface area (Å²) in [5.41, 5.74) is 3.10. The Kier molecular flexibility index (Phi) is 6.56. The first-order chi connectivity index (χ1) is 16.4. The number of aromatic nitrogens is 3. The Morgan fingerprint density at radius 2 is 1.86 bits per heavy atom. The number of ether oxygens (including phenoxy) is 1. The maximum Gasteiger partial charge on any atom is 0.228 e. The van der Waals surface area contributed by atoms with Crippen molar-refractivity contribution < 1.29 is 14.1 Å². The Morgan fingerprint density at radius 3 is 2.51 bits per heavy atom. The van der Waals surface area contributed by atoms with Gasteiger partial charge in [-0.2, -0.15) is 5.10 Å². The van der Waals surface area contributed by atoms with Crippen LogP contribution in [0, 0.1) is 6.92 Å². The number of nitrogens with one attached hydrogen (secondary N) is 1. The first-order valence-corrected chi connectivity index (χ1v) is 14.1. The molecule has 0 spiro atoms. The van der Waals surface area contributed by atoms with Gasteiger partial charge in [0.2, 0.25) is 5.91 Å². The van der Waals surface area contributed by atoms with E-state index in [2.05, 4.69) is 36.2 Å². The van der Waals surface area contributed by atoms with E-state index in [0.29, 0.717) is 17.2 Å². The van der Waals surface area contributed by atoms with Gasteiger partial charge in [0.05, 0.1) is 29.4 Å². The number of hydrogen-bond donors (Lipinski definition) is 1. The molecule has 0 radical (unpaired) electrons. The number of hydrogen-bond acceptors (Lipinski definition) is 5. The van der Waals surface area contributed by atoms with Crippen LogP contribution >= 0.6 is 7.14 Å². The van der Waals surface area contributed by atoms with Gasteiger partial charge in [-0.3, -0.25) is 14.5 Å². The molecule has 4 aromatic rings. The molecule has 0 saturated heterocycles. The van der Waals surface area contributed by atoms with Crippen LogP contribution in [0.1, 0.15) is 31.9 Å². The molecule has 0 aliphatic carbocycles. The second-order valence-electron chi connectivity index (χ2n) is 10.1. The third kappa shape index (κ3) is 5.80. The van der Waals surface area contributed by atoms with Crippen molar-refractivity contribution in [2.45, 2.75) is 39.7 Å². The molecule has 0 aliphatic rings. The molecule has 7 nitrogen and oxygen atoms in total. The van der Waals surface area contributed by atoms with E-state index in [9.17, 15) is 9.36 Å². The Bertz CT molecular complexity index is 1450. The van der Waals surface area contributed by atoms with E-state index in [1.54, 1.807) is 31.8 Å². The number of anilines is 1. The zero-order chi connectivity index (χ0) is 25.4. The number of carbonyl (C=O) groups is 1. The van der Waals surface area contributed by atoms with Crippen LogP contribution in [-0.4, -0.2) is 34.0 Å². The van der Waals surface area contributed by atoms with E-state index < -0.39 is 7.14 Å². The highest BCUT2D eigenvalue weighted by Crippen LogP contribution is 2.37. The summed E-state index contributed by atoms with van der Waals surface area (Å²) < 4.78 is 20.6. The Morgan fingerprint density at radius 1 is 1.09 bits per heavy atom. The number of nitrogens with zero attached hydrogens (tertiary/aromatic N) is 3. The van der Waals surface area contributed by atoms with Crippen LogP contribution in [0.2, 0.25) is 0 Å². The normalized spacial score (nSPS) is 12.1. The number of amides is 1. The van der Waals surface area contributed by atoms with Crippen molar-refractivity contribution in [3.63, 3.8) is 0 Å². The summed E-state index contributed by atoms with van der Waals surface area (Å²) in [7, 11) is -2.41. The fourth-order valence-electron chi connectivity index (χ4n) is 3.73. The van der Waals surface area contributed by atoms with Crippen molar-refractivity contribution in [3.05, 3.63) is 72.2 Å². The second kappa shape index (κ2) is 9.31. The van der Waals surface area contributed by atoms with E-state index in [-0.39, 0.29) is 17.9 Å². The Labute approximate surface area is 205 Å². The molecular formula is C27H31N4O3P. The van der Waals surface area contributed by atoms with Gasteiger partial charge < -0.3 is 14.6 Å². The zero-order valence-corrected chi connectivity index (χ0v) is 21.9. The van der Waals surface area contributed by atoms with Crippen molar-refractivity contribution in [2.75, 3.05) is 18.6 Å². The van der Waals surface area contributed by atoms with Crippen molar-refractivity contribution in [1.29, 1.82) is 0 Å². The SMILES string of the molecule is Cc1cc(CC(=O)Nc2cnn(C(C)(C)C)c2)ccc1Oc1ccnc2ccc(P(C)(C)=O)cc12. The lowest BCUT2D eigenvalue weighted by Crippen LogP contribution is -2.22. The smallest absolute Gasteiger partial charge is 0.228 e. The molecule has 2 aromatic carbocycles. The molecule has 0 fully saturated rings. The third-order valence-electron chi connectivity index (χ3n) is 5.68. The molecule has 4 rings (SSSR count). The molecule has 0 aliphatic heterocycles. The molecule has 1 amide bonds. The zero-order valence-electron chi connectivity index (χ0n) is 21.0. The summed E-state index contributed by atoms with van der Waals surface area (Å²) in [4.78, 5) is 17.0. The van der Waals surface area contributed by atoms with Crippen LogP contribution in [-0.2, 0) is 21.3 Å². The van der Waals surface area contributed by atoms with Gasteiger partial charge >= 0.3 is 0 Å². The van der Waals surface area contributed by atoms with Crippen molar-refractivity contribution in [1.82, 2.24) is 14.8 Å². The fraction of sp³-hybridized carbons (Fsp3) is 0.296. The van der Waals surface area contributed by atoms with Gasteiger partial charge in [0.1, 0.15) is 18.6 Å². The monoisotopic (exact) mass is 490 g/mol. The molecule has 8 heteroatoms. The van der Waals surface area contributed by atoms with E-state index in [0.717, 1.165) is 27.3 Å². The summed E-state index contributed by atoms with van der Waals surface area (Å²) in [6, 6.07) is 13.2. The third-order valence-corrected chi connectivity index (χ3v) is 7.21. The van der Waals surface area contributed by atoms with Crippen LogP contribution in [0.15, 0.2) is 61.1 Å². The first-order valence-electron chi connectivity index (χ1n) is 11.5. The van der Waals surface area contributed by atoms with Crippen LogP contribution < -0.4 is 15.4 Å². The second-order valence-corrected chi connectivity index (χ2v) is 13.4. The predicted molar refractivity (Wildman–Crippen MR) is 142 cm³/mol. The van der Waals surface area contributed by atoms with Gasteiger partial charge in [0, 0.05) is 23.1 Å². The lowest BCUT2D eigenvalue weighted by molar-refractivity contribution is -0.115. The average Bonchev–Trinajstić information content (AvgIpc) is 3.24. The number of fused-ring (bicyclic) bond motifs is 1. The molecule has 0 unspecified atom stereocenters. The van der Waals surface area contributed by atoms with Crippen molar-refractivity contribution in [2.24, 2.45) is 0 Å². The number of aryl methyl sites for hydroxylation is 1. The number of carbonyl (C=O) groups excluding carboxylic acids is 1. The van der Waals surface area contributed by atoms with Gasteiger partial charge in [-0.05, 0) is 82.5 Å². The van der Waals surface area contributed by atoms with Crippen LogP contribution in [0.3, 0.4) is 0 Å². The van der Waals surface area contributed by atoms with E-state index in [1.807, 2.05) is 54.2 Å². The molecule has 0 saturated carbocycles. The minimum Gasteiger partial charge on any atom is -0.456 e.